The smallest absolute Gasteiger partial charge is 0.251 e. The number of rotatable bonds is 6. The Morgan fingerprint density at radius 3 is 2.65 bits per heavy atom. The van der Waals surface area contributed by atoms with E-state index < -0.39 is 5.91 Å². The van der Waals surface area contributed by atoms with Crippen LogP contribution >= 0.6 is 9.24 Å². The molecule has 3 atom stereocenters. The van der Waals surface area contributed by atoms with Gasteiger partial charge in [-0.05, 0) is 64.7 Å². The minimum absolute atomic E-state index is 0.238. The zero-order valence-corrected chi connectivity index (χ0v) is 25.2. The van der Waals surface area contributed by atoms with Gasteiger partial charge in [-0.1, -0.05) is 79.9 Å². The number of benzene rings is 2. The third-order valence-corrected chi connectivity index (χ3v) is 6.45. The summed E-state index contributed by atoms with van der Waals surface area (Å²) in [5.74, 6) is -1.76. The highest BCUT2D eigenvalue weighted by atomic mass is 31.0. The molecule has 0 saturated carbocycles. The van der Waals surface area contributed by atoms with Crippen molar-refractivity contribution >= 4 is 27.3 Å². The van der Waals surface area contributed by atoms with Crippen molar-refractivity contribution in [3.05, 3.63) is 99.6 Å². The van der Waals surface area contributed by atoms with Crippen LogP contribution in [0.5, 0.6) is 0 Å². The zero-order valence-electron chi connectivity index (χ0n) is 24.0. The molecule has 4 rings (SSSR count). The summed E-state index contributed by atoms with van der Waals surface area (Å²) in [6, 6.07) is 18.7. The summed E-state index contributed by atoms with van der Waals surface area (Å²) in [6.07, 6.45) is 3.79. The van der Waals surface area contributed by atoms with Crippen LogP contribution in [0.4, 0.5) is 4.39 Å². The summed E-state index contributed by atoms with van der Waals surface area (Å²) >= 11 is 0. The first kappa shape index (κ1) is 32.6. The van der Waals surface area contributed by atoms with Gasteiger partial charge in [-0.15, -0.1) is 0 Å². The molecular formula is C33H39FN3O2P. The number of hydrogen-bond donors (Lipinski definition) is 1. The van der Waals surface area contributed by atoms with E-state index in [0.29, 0.717) is 35.3 Å². The average molecular weight is 560 g/mol. The van der Waals surface area contributed by atoms with E-state index >= 15 is 0 Å². The quantitative estimate of drug-likeness (QED) is 0.357. The van der Waals surface area contributed by atoms with Gasteiger partial charge in [0.05, 0.1) is 36.2 Å². The number of amides is 1. The minimum Gasteiger partial charge on any atom is -0.375 e. The predicted molar refractivity (Wildman–Crippen MR) is 166 cm³/mol. The third-order valence-electron chi connectivity index (χ3n) is 6.07. The number of nitrogens with zero attached hydrogens (tertiary/aromatic N) is 2. The molecular weight excluding hydrogens is 520 g/mol. The molecule has 3 unspecified atom stereocenters. The van der Waals surface area contributed by atoms with E-state index in [1.54, 1.807) is 24.3 Å². The SMILES string of the molecule is C=C(/C=c1/nc(-c2cccc(C(F)P)c2)cc/c1=C/C)CNC(=O)c1ccc2c(c1)C(C#N)COC2.CC.CC. The molecule has 0 spiro atoms. The first-order valence-corrected chi connectivity index (χ1v) is 14.3. The highest BCUT2D eigenvalue weighted by Gasteiger charge is 2.22. The van der Waals surface area contributed by atoms with Crippen LogP contribution in [0.1, 0.15) is 73.5 Å². The third kappa shape index (κ3) is 8.42. The van der Waals surface area contributed by atoms with Gasteiger partial charge in [0.1, 0.15) is 5.91 Å². The molecule has 1 aliphatic rings. The van der Waals surface area contributed by atoms with Crippen molar-refractivity contribution < 1.29 is 13.9 Å². The van der Waals surface area contributed by atoms with Gasteiger partial charge in [0.25, 0.3) is 5.91 Å². The molecule has 1 amide bonds. The van der Waals surface area contributed by atoms with Crippen LogP contribution in [0.3, 0.4) is 0 Å². The Bertz CT molecular complexity index is 1480. The van der Waals surface area contributed by atoms with E-state index in [4.69, 9.17) is 9.72 Å². The van der Waals surface area contributed by atoms with E-state index in [1.165, 1.54) is 0 Å². The Hall–Kier alpha value is -3.65. The predicted octanol–water partition coefficient (Wildman–Crippen LogP) is 6.35. The lowest BCUT2D eigenvalue weighted by atomic mass is 9.92. The normalized spacial score (nSPS) is 15.3. The van der Waals surface area contributed by atoms with Gasteiger partial charge in [-0.3, -0.25) is 4.79 Å². The first-order chi connectivity index (χ1) is 19.4. The largest absolute Gasteiger partial charge is 0.375 e. The lowest BCUT2D eigenvalue weighted by Gasteiger charge is -2.21. The van der Waals surface area contributed by atoms with Crippen molar-refractivity contribution in [2.75, 3.05) is 13.2 Å². The number of aromatic nitrogens is 1. The zero-order chi connectivity index (χ0) is 29.7. The molecule has 210 valence electrons. The van der Waals surface area contributed by atoms with Crippen molar-refractivity contribution in [1.82, 2.24) is 10.3 Å². The molecule has 1 aromatic heterocycles. The number of nitrogens with one attached hydrogen (secondary N) is 1. The monoisotopic (exact) mass is 559 g/mol. The second-order valence-corrected chi connectivity index (χ2v) is 9.17. The Morgan fingerprint density at radius 2 is 1.98 bits per heavy atom. The number of fused-ring (bicyclic) bond motifs is 1. The maximum Gasteiger partial charge on any atom is 0.251 e. The number of carbonyl (C=O) groups excluding carboxylic acids is 1. The lowest BCUT2D eigenvalue weighted by Crippen LogP contribution is -2.30. The van der Waals surface area contributed by atoms with Crippen molar-refractivity contribution in [2.24, 2.45) is 0 Å². The molecule has 2 heterocycles. The van der Waals surface area contributed by atoms with Crippen LogP contribution in [0.25, 0.3) is 23.4 Å². The van der Waals surface area contributed by atoms with Crippen molar-refractivity contribution in [3.8, 4) is 17.3 Å². The molecule has 1 aliphatic heterocycles. The van der Waals surface area contributed by atoms with Gasteiger partial charge in [-0.25, -0.2) is 9.37 Å². The summed E-state index contributed by atoms with van der Waals surface area (Å²) in [4.78, 5) is 17.6. The number of halogens is 1. The Kier molecular flexibility index (Phi) is 13.4. The Labute approximate surface area is 239 Å². The number of nitriles is 1. The summed E-state index contributed by atoms with van der Waals surface area (Å²) in [5, 5.41) is 13.9. The maximum atomic E-state index is 13.8. The van der Waals surface area contributed by atoms with Gasteiger partial charge < -0.3 is 10.1 Å². The molecule has 3 aromatic rings. The Morgan fingerprint density at radius 1 is 1.23 bits per heavy atom. The number of ether oxygens (including phenoxy) is 1. The van der Waals surface area contributed by atoms with E-state index in [1.807, 2.05) is 77.1 Å². The fraction of sp³-hybridized carbons (Fsp3) is 0.303. The average Bonchev–Trinajstić information content (AvgIpc) is 3.01. The van der Waals surface area contributed by atoms with Crippen molar-refractivity contribution in [2.45, 2.75) is 53.1 Å². The molecule has 0 radical (unpaired) electrons. The highest BCUT2D eigenvalue weighted by Crippen LogP contribution is 2.28. The van der Waals surface area contributed by atoms with Crippen LogP contribution < -0.4 is 15.9 Å². The van der Waals surface area contributed by atoms with Crippen LogP contribution in [0.2, 0.25) is 0 Å². The Balaban J connectivity index is 0.00000134. The summed E-state index contributed by atoms with van der Waals surface area (Å²) < 4.78 is 19.2. The van der Waals surface area contributed by atoms with E-state index in [0.717, 1.165) is 27.6 Å². The second-order valence-electron chi connectivity index (χ2n) is 8.58. The van der Waals surface area contributed by atoms with Gasteiger partial charge in [0.15, 0.2) is 0 Å². The van der Waals surface area contributed by atoms with Crippen LogP contribution in [0, 0.1) is 11.3 Å². The van der Waals surface area contributed by atoms with E-state index in [-0.39, 0.29) is 18.4 Å². The van der Waals surface area contributed by atoms with Crippen molar-refractivity contribution in [3.63, 3.8) is 0 Å². The van der Waals surface area contributed by atoms with Gasteiger partial charge in [0.2, 0.25) is 0 Å². The summed E-state index contributed by atoms with van der Waals surface area (Å²) in [5.41, 5.74) is 5.06. The number of hydrogen-bond acceptors (Lipinski definition) is 4. The molecule has 0 bridgehead atoms. The van der Waals surface area contributed by atoms with Crippen molar-refractivity contribution in [1.29, 1.82) is 5.26 Å². The fourth-order valence-corrected chi connectivity index (χ4v) is 4.30. The molecule has 0 fully saturated rings. The topological polar surface area (TPSA) is 75.0 Å². The number of pyridine rings is 1. The summed E-state index contributed by atoms with van der Waals surface area (Å²) in [7, 11) is 2.16. The van der Waals surface area contributed by atoms with Gasteiger partial charge in [0, 0.05) is 17.7 Å². The molecule has 0 saturated heterocycles. The molecule has 7 heteroatoms. The molecule has 40 heavy (non-hydrogen) atoms. The number of carbonyl (C=O) groups is 1. The van der Waals surface area contributed by atoms with Gasteiger partial charge in [-0.2, -0.15) is 5.26 Å². The maximum absolute atomic E-state index is 13.8. The highest BCUT2D eigenvalue weighted by molar-refractivity contribution is 7.16. The van der Waals surface area contributed by atoms with E-state index in [2.05, 4.69) is 27.2 Å². The number of alkyl halides is 1. The molecule has 1 N–H and O–H groups in total. The van der Waals surface area contributed by atoms with Crippen LogP contribution in [0.15, 0.2) is 66.7 Å². The van der Waals surface area contributed by atoms with Gasteiger partial charge >= 0.3 is 0 Å². The molecule has 5 nitrogen and oxygen atoms in total. The minimum atomic E-state index is -1.14. The second kappa shape index (κ2) is 16.5. The van der Waals surface area contributed by atoms with Crippen LogP contribution in [-0.4, -0.2) is 24.0 Å². The first-order valence-electron chi connectivity index (χ1n) is 13.6. The van der Waals surface area contributed by atoms with Crippen LogP contribution in [-0.2, 0) is 11.3 Å². The molecule has 0 aliphatic carbocycles. The fourth-order valence-electron chi connectivity index (χ4n) is 4.09. The molecule has 2 aromatic carbocycles. The standard InChI is InChI=1S/C29H27FN3O2P.2C2H6/c1-3-19-9-10-26(20-5-4-6-21(12-20)28(30)36)33-27(19)11-18(2)15-32-29(34)22-7-8-23-16-35-17-24(14-31)25(23)13-22;2*1-2/h3-13,24,28H,2,15-17,36H2,1H3,(H,32,34);2*1-2H3/b19-3-,27-11+;;. The summed E-state index contributed by atoms with van der Waals surface area (Å²) in [6.45, 7) is 15.0. The van der Waals surface area contributed by atoms with E-state index in [9.17, 15) is 14.4 Å². The lowest BCUT2D eigenvalue weighted by molar-refractivity contribution is 0.0952.